The quantitative estimate of drug-likeness (QED) is 0.879. The van der Waals surface area contributed by atoms with Gasteiger partial charge in [-0.05, 0) is 42.2 Å². The van der Waals surface area contributed by atoms with E-state index < -0.39 is 5.41 Å². The standard InChI is InChI=1S/C17H18Cl2O2/c1-12-4-2-3-5-15(12)17(10-20,11-21)9-13-6-7-14(18)8-16(13)19/h2-8,20-21H,9-11H2,1H3. The largest absolute Gasteiger partial charge is 0.395 e. The minimum atomic E-state index is -0.761. The summed E-state index contributed by atoms with van der Waals surface area (Å²) in [4.78, 5) is 0. The summed E-state index contributed by atoms with van der Waals surface area (Å²) in [6.45, 7) is 1.65. The third-order valence-corrected chi connectivity index (χ3v) is 4.45. The molecule has 0 bridgehead atoms. The fraction of sp³-hybridized carbons (Fsp3) is 0.294. The van der Waals surface area contributed by atoms with Gasteiger partial charge in [-0.1, -0.05) is 53.5 Å². The smallest absolute Gasteiger partial charge is 0.0553 e. The molecule has 2 nitrogen and oxygen atoms in total. The molecule has 2 aromatic rings. The van der Waals surface area contributed by atoms with Crippen molar-refractivity contribution in [2.24, 2.45) is 0 Å². The Kier molecular flexibility index (Phi) is 5.28. The van der Waals surface area contributed by atoms with Gasteiger partial charge in [0.05, 0.1) is 13.2 Å². The van der Waals surface area contributed by atoms with Crippen molar-refractivity contribution in [1.82, 2.24) is 0 Å². The molecule has 4 heteroatoms. The Morgan fingerprint density at radius 2 is 1.67 bits per heavy atom. The van der Waals surface area contributed by atoms with Crippen molar-refractivity contribution >= 4 is 23.2 Å². The van der Waals surface area contributed by atoms with Crippen molar-refractivity contribution in [2.75, 3.05) is 13.2 Å². The van der Waals surface area contributed by atoms with Crippen LogP contribution >= 0.6 is 23.2 Å². The molecule has 0 spiro atoms. The van der Waals surface area contributed by atoms with E-state index in [1.165, 1.54) is 0 Å². The SMILES string of the molecule is Cc1ccccc1C(CO)(CO)Cc1ccc(Cl)cc1Cl. The van der Waals surface area contributed by atoms with E-state index in [4.69, 9.17) is 23.2 Å². The van der Waals surface area contributed by atoms with E-state index in [0.717, 1.165) is 16.7 Å². The lowest BCUT2D eigenvalue weighted by Gasteiger charge is -2.32. The van der Waals surface area contributed by atoms with Gasteiger partial charge in [0.25, 0.3) is 0 Å². The van der Waals surface area contributed by atoms with Crippen LogP contribution in [0, 0.1) is 6.92 Å². The minimum Gasteiger partial charge on any atom is -0.395 e. The van der Waals surface area contributed by atoms with Gasteiger partial charge in [-0.3, -0.25) is 0 Å². The van der Waals surface area contributed by atoms with E-state index >= 15 is 0 Å². The summed E-state index contributed by atoms with van der Waals surface area (Å²) in [7, 11) is 0. The van der Waals surface area contributed by atoms with E-state index in [1.807, 2.05) is 37.3 Å². The summed E-state index contributed by atoms with van der Waals surface area (Å²) in [6, 6.07) is 13.0. The number of halogens is 2. The molecular formula is C17H18Cl2O2. The van der Waals surface area contributed by atoms with Crippen molar-refractivity contribution in [2.45, 2.75) is 18.8 Å². The van der Waals surface area contributed by atoms with Crippen molar-refractivity contribution in [3.63, 3.8) is 0 Å². The topological polar surface area (TPSA) is 40.5 Å². The maximum atomic E-state index is 9.93. The first kappa shape index (κ1) is 16.3. The maximum Gasteiger partial charge on any atom is 0.0553 e. The van der Waals surface area contributed by atoms with Crippen LogP contribution in [-0.2, 0) is 11.8 Å². The molecule has 2 N–H and O–H groups in total. The van der Waals surface area contributed by atoms with Crippen LogP contribution in [-0.4, -0.2) is 23.4 Å². The molecule has 112 valence electrons. The molecule has 0 atom stereocenters. The van der Waals surface area contributed by atoms with Gasteiger partial charge in [0.1, 0.15) is 0 Å². The number of hydrogen-bond acceptors (Lipinski definition) is 2. The molecule has 0 amide bonds. The Morgan fingerprint density at radius 3 is 2.24 bits per heavy atom. The molecule has 0 aliphatic carbocycles. The molecule has 0 aliphatic heterocycles. The molecule has 0 saturated heterocycles. The summed E-state index contributed by atoms with van der Waals surface area (Å²) in [6.07, 6.45) is 0.445. The minimum absolute atomic E-state index is 0.159. The Labute approximate surface area is 135 Å². The van der Waals surface area contributed by atoms with E-state index in [-0.39, 0.29) is 13.2 Å². The molecule has 0 heterocycles. The lowest BCUT2D eigenvalue weighted by molar-refractivity contribution is 0.116. The van der Waals surface area contributed by atoms with E-state index in [1.54, 1.807) is 12.1 Å². The first-order chi connectivity index (χ1) is 10.0. The van der Waals surface area contributed by atoms with E-state index in [2.05, 4.69) is 0 Å². The lowest BCUT2D eigenvalue weighted by atomic mass is 9.75. The van der Waals surface area contributed by atoms with Crippen LogP contribution in [0.3, 0.4) is 0 Å². The van der Waals surface area contributed by atoms with Crippen molar-refractivity contribution in [3.8, 4) is 0 Å². The van der Waals surface area contributed by atoms with Gasteiger partial charge in [0.2, 0.25) is 0 Å². The number of benzene rings is 2. The first-order valence-corrected chi connectivity index (χ1v) is 7.50. The highest BCUT2D eigenvalue weighted by molar-refractivity contribution is 6.35. The summed E-state index contributed by atoms with van der Waals surface area (Å²) < 4.78 is 0. The van der Waals surface area contributed by atoms with E-state index in [9.17, 15) is 10.2 Å². The predicted molar refractivity (Wildman–Crippen MR) is 87.2 cm³/mol. The highest BCUT2D eigenvalue weighted by Crippen LogP contribution is 2.33. The summed E-state index contributed by atoms with van der Waals surface area (Å²) in [5.74, 6) is 0. The van der Waals surface area contributed by atoms with Gasteiger partial charge in [-0.15, -0.1) is 0 Å². The fourth-order valence-electron chi connectivity index (χ4n) is 2.62. The van der Waals surface area contributed by atoms with Crippen LogP contribution < -0.4 is 0 Å². The monoisotopic (exact) mass is 324 g/mol. The summed E-state index contributed by atoms with van der Waals surface area (Å²) in [5.41, 5.74) is 2.06. The number of aliphatic hydroxyl groups excluding tert-OH is 2. The number of aliphatic hydroxyl groups is 2. The van der Waals surface area contributed by atoms with Crippen LogP contribution in [0.4, 0.5) is 0 Å². The fourth-order valence-corrected chi connectivity index (χ4v) is 3.10. The zero-order valence-corrected chi connectivity index (χ0v) is 13.3. The molecule has 0 aromatic heterocycles. The van der Waals surface area contributed by atoms with Gasteiger partial charge in [-0.2, -0.15) is 0 Å². The zero-order valence-electron chi connectivity index (χ0n) is 11.8. The molecule has 0 unspecified atom stereocenters. The Hall–Kier alpha value is -1.06. The lowest BCUT2D eigenvalue weighted by Crippen LogP contribution is -2.38. The Morgan fingerprint density at radius 1 is 1.00 bits per heavy atom. The molecule has 0 saturated carbocycles. The second-order valence-corrected chi connectivity index (χ2v) is 6.17. The van der Waals surface area contributed by atoms with Gasteiger partial charge < -0.3 is 10.2 Å². The summed E-state index contributed by atoms with van der Waals surface area (Å²) >= 11 is 12.1. The van der Waals surface area contributed by atoms with Crippen LogP contribution in [0.5, 0.6) is 0 Å². The van der Waals surface area contributed by atoms with Gasteiger partial charge in [0, 0.05) is 15.5 Å². The second-order valence-electron chi connectivity index (χ2n) is 5.32. The van der Waals surface area contributed by atoms with Gasteiger partial charge >= 0.3 is 0 Å². The molecule has 0 aliphatic rings. The van der Waals surface area contributed by atoms with Crippen LogP contribution in [0.15, 0.2) is 42.5 Å². The number of hydrogen-bond donors (Lipinski definition) is 2. The average molecular weight is 325 g/mol. The average Bonchev–Trinajstić information content (AvgIpc) is 2.48. The highest BCUT2D eigenvalue weighted by atomic mass is 35.5. The molecule has 2 rings (SSSR count). The highest BCUT2D eigenvalue weighted by Gasteiger charge is 2.33. The normalized spacial score (nSPS) is 11.7. The molecule has 2 aromatic carbocycles. The van der Waals surface area contributed by atoms with Gasteiger partial charge in [0.15, 0.2) is 0 Å². The molecule has 0 fully saturated rings. The Balaban J connectivity index is 2.46. The third-order valence-electron chi connectivity index (χ3n) is 3.87. The van der Waals surface area contributed by atoms with Crippen LogP contribution in [0.2, 0.25) is 10.0 Å². The van der Waals surface area contributed by atoms with Gasteiger partial charge in [-0.25, -0.2) is 0 Å². The second kappa shape index (κ2) is 6.80. The van der Waals surface area contributed by atoms with Crippen LogP contribution in [0.25, 0.3) is 0 Å². The molecular weight excluding hydrogens is 307 g/mol. The third kappa shape index (κ3) is 3.41. The van der Waals surface area contributed by atoms with E-state index in [0.29, 0.717) is 16.5 Å². The number of aryl methyl sites for hydroxylation is 1. The van der Waals surface area contributed by atoms with Crippen molar-refractivity contribution in [1.29, 1.82) is 0 Å². The molecule has 0 radical (unpaired) electrons. The first-order valence-electron chi connectivity index (χ1n) is 6.74. The zero-order chi connectivity index (χ0) is 15.5. The summed E-state index contributed by atoms with van der Waals surface area (Å²) in [5, 5.41) is 21.0. The van der Waals surface area contributed by atoms with Crippen molar-refractivity contribution in [3.05, 3.63) is 69.2 Å². The molecule has 21 heavy (non-hydrogen) atoms. The van der Waals surface area contributed by atoms with Crippen molar-refractivity contribution < 1.29 is 10.2 Å². The number of rotatable bonds is 5. The Bertz CT molecular complexity index is 622. The van der Waals surface area contributed by atoms with Crippen LogP contribution in [0.1, 0.15) is 16.7 Å². The predicted octanol–water partition coefficient (Wildman–Crippen LogP) is 3.77. The maximum absolute atomic E-state index is 9.93.